The first-order chi connectivity index (χ1) is 16.2. The van der Waals surface area contributed by atoms with Crippen molar-refractivity contribution in [2.24, 2.45) is 4.99 Å². The minimum absolute atomic E-state index is 0.0562. The van der Waals surface area contributed by atoms with Crippen molar-refractivity contribution in [3.63, 3.8) is 0 Å². The monoisotopic (exact) mass is 486 g/mol. The van der Waals surface area contributed by atoms with Crippen molar-refractivity contribution in [2.45, 2.75) is 26.9 Å². The molecule has 34 heavy (non-hydrogen) atoms. The minimum Gasteiger partial charge on any atom is -0.491 e. The second-order valence-electron chi connectivity index (χ2n) is 7.87. The van der Waals surface area contributed by atoms with Gasteiger partial charge in [0.2, 0.25) is 5.90 Å². The third kappa shape index (κ3) is 6.29. The van der Waals surface area contributed by atoms with Gasteiger partial charge in [0.05, 0.1) is 17.7 Å². The van der Waals surface area contributed by atoms with Crippen LogP contribution in [0.3, 0.4) is 0 Å². The number of ether oxygens (including phenoxy) is 4. The molecule has 8 nitrogen and oxygen atoms in total. The number of esters is 1. The number of hydrogen-bond donors (Lipinski definition) is 0. The number of cyclic esters (lactones) is 1. The van der Waals surface area contributed by atoms with Crippen molar-refractivity contribution >= 4 is 35.5 Å². The molecule has 3 rings (SSSR count). The summed E-state index contributed by atoms with van der Waals surface area (Å²) in [5.74, 6) is 0.720. The van der Waals surface area contributed by atoms with Gasteiger partial charge in [-0.2, -0.15) is 0 Å². The Balaban J connectivity index is 1.85. The second kappa shape index (κ2) is 11.1. The van der Waals surface area contributed by atoms with Crippen molar-refractivity contribution in [1.82, 2.24) is 4.90 Å². The number of aliphatic imine (C=N–C) groups is 1. The molecule has 0 saturated heterocycles. The van der Waals surface area contributed by atoms with Gasteiger partial charge in [-0.15, -0.1) is 0 Å². The summed E-state index contributed by atoms with van der Waals surface area (Å²) in [6, 6.07) is 10.4. The summed E-state index contributed by atoms with van der Waals surface area (Å²) in [4.78, 5) is 30.0. The molecular weight excluding hydrogens is 460 g/mol. The number of hydrogen-bond acceptors (Lipinski definition) is 7. The fraction of sp³-hybridized carbons (Fsp3) is 0.320. The molecular formula is C25H27ClN2O6. The molecule has 0 saturated carbocycles. The SMILES string of the molecule is CCOc1cc(/C=C2/N=C(c3ccc(OC(C)C)cc3)OC2=O)cc(Cl)c1OCC(=O)N(C)C. The van der Waals surface area contributed by atoms with Crippen LogP contribution in [0.5, 0.6) is 17.2 Å². The number of carbonyl (C=O) groups is 2. The molecule has 0 bridgehead atoms. The molecule has 180 valence electrons. The Labute approximate surface area is 203 Å². The van der Waals surface area contributed by atoms with Gasteiger partial charge in [-0.05, 0) is 68.8 Å². The molecule has 9 heteroatoms. The predicted octanol–water partition coefficient (Wildman–Crippen LogP) is 4.34. The van der Waals surface area contributed by atoms with Crippen LogP contribution in [-0.2, 0) is 14.3 Å². The van der Waals surface area contributed by atoms with E-state index in [1.807, 2.05) is 20.8 Å². The quantitative estimate of drug-likeness (QED) is 0.387. The van der Waals surface area contributed by atoms with Crippen LogP contribution in [0.4, 0.5) is 0 Å². The van der Waals surface area contributed by atoms with E-state index in [2.05, 4.69) is 4.99 Å². The number of amides is 1. The van der Waals surface area contributed by atoms with Crippen molar-refractivity contribution in [2.75, 3.05) is 27.3 Å². The zero-order valence-corrected chi connectivity index (χ0v) is 20.5. The minimum atomic E-state index is -0.580. The summed E-state index contributed by atoms with van der Waals surface area (Å²) in [7, 11) is 3.27. The third-order valence-electron chi connectivity index (χ3n) is 4.57. The Morgan fingerprint density at radius 3 is 2.50 bits per heavy atom. The highest BCUT2D eigenvalue weighted by atomic mass is 35.5. The van der Waals surface area contributed by atoms with Crippen molar-refractivity contribution in [1.29, 1.82) is 0 Å². The summed E-state index contributed by atoms with van der Waals surface area (Å²) < 4.78 is 22.2. The Kier molecular flexibility index (Phi) is 8.17. The van der Waals surface area contributed by atoms with Gasteiger partial charge in [-0.1, -0.05) is 11.6 Å². The average Bonchev–Trinajstić information content (AvgIpc) is 3.13. The molecule has 0 atom stereocenters. The van der Waals surface area contributed by atoms with Gasteiger partial charge in [0, 0.05) is 19.7 Å². The van der Waals surface area contributed by atoms with Gasteiger partial charge in [0.1, 0.15) is 5.75 Å². The number of carbonyl (C=O) groups excluding carboxylic acids is 2. The van der Waals surface area contributed by atoms with E-state index in [1.165, 1.54) is 4.90 Å². The Morgan fingerprint density at radius 2 is 1.88 bits per heavy atom. The maximum Gasteiger partial charge on any atom is 0.363 e. The highest BCUT2D eigenvalue weighted by Crippen LogP contribution is 2.37. The zero-order valence-electron chi connectivity index (χ0n) is 19.8. The van der Waals surface area contributed by atoms with Crippen LogP contribution < -0.4 is 14.2 Å². The summed E-state index contributed by atoms with van der Waals surface area (Å²) in [6.07, 6.45) is 1.61. The predicted molar refractivity (Wildman–Crippen MR) is 130 cm³/mol. The van der Waals surface area contributed by atoms with E-state index in [0.29, 0.717) is 29.2 Å². The molecule has 0 unspecified atom stereocenters. The van der Waals surface area contributed by atoms with E-state index in [-0.39, 0.29) is 41.0 Å². The first kappa shape index (κ1) is 25.1. The molecule has 0 radical (unpaired) electrons. The fourth-order valence-electron chi connectivity index (χ4n) is 2.98. The molecule has 1 aliphatic rings. The summed E-state index contributed by atoms with van der Waals surface area (Å²) in [5.41, 5.74) is 1.33. The van der Waals surface area contributed by atoms with Gasteiger partial charge in [0.15, 0.2) is 23.8 Å². The Morgan fingerprint density at radius 1 is 1.18 bits per heavy atom. The van der Waals surface area contributed by atoms with Crippen molar-refractivity contribution in [3.8, 4) is 17.2 Å². The topological polar surface area (TPSA) is 86.7 Å². The fourth-order valence-corrected chi connectivity index (χ4v) is 3.25. The molecule has 0 spiro atoms. The molecule has 0 aromatic heterocycles. The molecule has 1 amide bonds. The van der Waals surface area contributed by atoms with Gasteiger partial charge in [-0.3, -0.25) is 4.79 Å². The molecule has 2 aromatic rings. The number of rotatable bonds is 9. The van der Waals surface area contributed by atoms with E-state index in [1.54, 1.807) is 56.6 Å². The molecule has 1 heterocycles. The van der Waals surface area contributed by atoms with Crippen LogP contribution in [0.2, 0.25) is 5.02 Å². The van der Waals surface area contributed by atoms with Gasteiger partial charge in [-0.25, -0.2) is 9.79 Å². The van der Waals surface area contributed by atoms with E-state index >= 15 is 0 Å². The maximum atomic E-state index is 12.4. The lowest BCUT2D eigenvalue weighted by Crippen LogP contribution is -2.27. The first-order valence-corrected chi connectivity index (χ1v) is 11.1. The van der Waals surface area contributed by atoms with Crippen LogP contribution in [0.15, 0.2) is 47.1 Å². The zero-order chi connectivity index (χ0) is 24.8. The van der Waals surface area contributed by atoms with E-state index in [0.717, 1.165) is 0 Å². The van der Waals surface area contributed by atoms with Crippen LogP contribution >= 0.6 is 11.6 Å². The molecule has 0 N–H and O–H groups in total. The summed E-state index contributed by atoms with van der Waals surface area (Å²) in [5, 5.41) is 0.237. The molecule has 0 aliphatic carbocycles. The lowest BCUT2D eigenvalue weighted by Gasteiger charge is -2.16. The molecule has 1 aliphatic heterocycles. The smallest absolute Gasteiger partial charge is 0.363 e. The van der Waals surface area contributed by atoms with Crippen molar-refractivity contribution in [3.05, 3.63) is 58.2 Å². The lowest BCUT2D eigenvalue weighted by molar-refractivity contribution is -0.131. The Bertz CT molecular complexity index is 1120. The maximum absolute atomic E-state index is 12.4. The van der Waals surface area contributed by atoms with Crippen LogP contribution in [0, 0.1) is 0 Å². The molecule has 2 aromatic carbocycles. The highest BCUT2D eigenvalue weighted by molar-refractivity contribution is 6.32. The lowest BCUT2D eigenvalue weighted by atomic mass is 10.1. The number of benzene rings is 2. The average molecular weight is 487 g/mol. The first-order valence-electron chi connectivity index (χ1n) is 10.8. The Hall–Kier alpha value is -3.52. The number of nitrogens with zero attached hydrogens (tertiary/aromatic N) is 2. The normalized spacial score (nSPS) is 14.1. The number of halogens is 1. The third-order valence-corrected chi connectivity index (χ3v) is 4.85. The molecule has 0 fully saturated rings. The second-order valence-corrected chi connectivity index (χ2v) is 8.27. The van der Waals surface area contributed by atoms with Crippen LogP contribution in [0.25, 0.3) is 6.08 Å². The van der Waals surface area contributed by atoms with E-state index in [4.69, 9.17) is 30.5 Å². The van der Waals surface area contributed by atoms with Gasteiger partial charge < -0.3 is 23.8 Å². The van der Waals surface area contributed by atoms with E-state index in [9.17, 15) is 9.59 Å². The van der Waals surface area contributed by atoms with Crippen molar-refractivity contribution < 1.29 is 28.5 Å². The largest absolute Gasteiger partial charge is 0.491 e. The van der Waals surface area contributed by atoms with Crippen LogP contribution in [-0.4, -0.2) is 56.1 Å². The summed E-state index contributed by atoms with van der Waals surface area (Å²) >= 11 is 6.41. The number of likely N-dealkylation sites (N-methyl/N-ethyl adjacent to an activating group) is 1. The van der Waals surface area contributed by atoms with Gasteiger partial charge in [0.25, 0.3) is 5.91 Å². The van der Waals surface area contributed by atoms with Gasteiger partial charge >= 0.3 is 5.97 Å². The van der Waals surface area contributed by atoms with Crippen LogP contribution in [0.1, 0.15) is 31.9 Å². The highest BCUT2D eigenvalue weighted by Gasteiger charge is 2.25. The standard InChI is InChI=1S/C25H27ClN2O6/c1-6-31-21-13-16(11-19(26)23(21)32-14-22(29)28(4)5)12-20-25(30)34-24(27-20)17-7-9-18(10-8-17)33-15(2)3/h7-13,15H,6,14H2,1-5H3/b20-12+. The summed E-state index contributed by atoms with van der Waals surface area (Å²) in [6.45, 7) is 5.87. The van der Waals surface area contributed by atoms with E-state index < -0.39 is 5.97 Å².